The van der Waals surface area contributed by atoms with Crippen molar-refractivity contribution < 1.29 is 4.79 Å². The minimum atomic E-state index is -0.0228. The van der Waals surface area contributed by atoms with E-state index in [0.29, 0.717) is 11.6 Å². The van der Waals surface area contributed by atoms with Gasteiger partial charge in [0.25, 0.3) is 5.91 Å². The van der Waals surface area contributed by atoms with E-state index in [2.05, 4.69) is 34.7 Å². The Bertz CT molecular complexity index is 666. The predicted molar refractivity (Wildman–Crippen MR) is 97.1 cm³/mol. The lowest BCUT2D eigenvalue weighted by atomic mass is 9.95. The highest BCUT2D eigenvalue weighted by Gasteiger charge is 2.17. The van der Waals surface area contributed by atoms with E-state index in [1.165, 1.54) is 24.8 Å². The van der Waals surface area contributed by atoms with Gasteiger partial charge in [0.2, 0.25) is 0 Å². The summed E-state index contributed by atoms with van der Waals surface area (Å²) in [5.74, 6) is -0.0228. The number of rotatable bonds is 5. The quantitative estimate of drug-likeness (QED) is 0.861. The second-order valence-electron chi connectivity index (χ2n) is 6.55. The van der Waals surface area contributed by atoms with Crippen LogP contribution in [0.25, 0.3) is 0 Å². The molecule has 126 valence electrons. The zero-order chi connectivity index (χ0) is 16.8. The van der Waals surface area contributed by atoms with Crippen LogP contribution in [0.2, 0.25) is 0 Å². The molecule has 0 saturated heterocycles. The van der Waals surface area contributed by atoms with Gasteiger partial charge in [-0.05, 0) is 31.4 Å². The number of carbonyl (C=O) groups excluding carboxylic acids is 1. The molecule has 24 heavy (non-hydrogen) atoms. The largest absolute Gasteiger partial charge is 0.377 e. The minimum absolute atomic E-state index is 0.0228. The van der Waals surface area contributed by atoms with Crippen molar-refractivity contribution in [3.63, 3.8) is 0 Å². The lowest BCUT2D eigenvalue weighted by molar-refractivity contribution is 0.0927. The summed E-state index contributed by atoms with van der Waals surface area (Å²) in [6.07, 6.45) is 9.27. The van der Waals surface area contributed by atoms with Gasteiger partial charge in [-0.3, -0.25) is 9.78 Å². The van der Waals surface area contributed by atoms with E-state index >= 15 is 0 Å². The number of pyridine rings is 1. The fraction of sp³-hybridized carbons (Fsp3) is 0.400. The zero-order valence-electron chi connectivity index (χ0n) is 14.2. The topological polar surface area (TPSA) is 54.0 Å². The van der Waals surface area contributed by atoms with Crippen LogP contribution < -0.4 is 10.6 Å². The molecule has 1 aromatic heterocycles. The lowest BCUT2D eigenvalue weighted by Crippen LogP contribution is -2.36. The maximum absolute atomic E-state index is 12.4. The molecule has 1 fully saturated rings. The molecular formula is C20H25N3O. The van der Waals surface area contributed by atoms with Crippen LogP contribution in [0.15, 0.2) is 48.8 Å². The molecule has 1 aromatic carbocycles. The van der Waals surface area contributed by atoms with Gasteiger partial charge in [-0.15, -0.1) is 0 Å². The summed E-state index contributed by atoms with van der Waals surface area (Å²) >= 11 is 0. The van der Waals surface area contributed by atoms with Crippen LogP contribution in [0.3, 0.4) is 0 Å². The summed E-state index contributed by atoms with van der Waals surface area (Å²) in [6.45, 7) is 2.10. The molecule has 1 unspecified atom stereocenters. The minimum Gasteiger partial charge on any atom is -0.377 e. The maximum atomic E-state index is 12.4. The van der Waals surface area contributed by atoms with Gasteiger partial charge in [0.05, 0.1) is 11.3 Å². The molecule has 2 N–H and O–H groups in total. The molecule has 0 aliphatic heterocycles. The number of anilines is 1. The standard InChI is InChI=1S/C20H25N3O/c1-15(16-8-4-2-5-9-16)22-19-12-17(13-21-14-19)20(24)23-18-10-6-3-7-11-18/h2,4-5,8-9,12-15,18,22H,3,6-7,10-11H2,1H3,(H,23,24). The Kier molecular flexibility index (Phi) is 5.47. The fourth-order valence-corrected chi connectivity index (χ4v) is 3.23. The highest BCUT2D eigenvalue weighted by molar-refractivity contribution is 5.94. The van der Waals surface area contributed by atoms with Gasteiger partial charge in [0.1, 0.15) is 0 Å². The Labute approximate surface area is 143 Å². The molecule has 2 aromatic rings. The first-order valence-electron chi connectivity index (χ1n) is 8.80. The van der Waals surface area contributed by atoms with E-state index < -0.39 is 0 Å². The molecule has 4 heteroatoms. The monoisotopic (exact) mass is 323 g/mol. The Balaban J connectivity index is 1.64. The molecule has 1 heterocycles. The Morgan fingerprint density at radius 3 is 2.62 bits per heavy atom. The summed E-state index contributed by atoms with van der Waals surface area (Å²) in [7, 11) is 0. The van der Waals surface area contributed by atoms with E-state index in [1.54, 1.807) is 12.4 Å². The van der Waals surface area contributed by atoms with Crippen LogP contribution in [-0.2, 0) is 0 Å². The molecular weight excluding hydrogens is 298 g/mol. The van der Waals surface area contributed by atoms with Gasteiger partial charge in [-0.1, -0.05) is 49.6 Å². The number of nitrogens with zero attached hydrogens (tertiary/aromatic N) is 1. The second kappa shape index (κ2) is 7.95. The van der Waals surface area contributed by atoms with Crippen molar-refractivity contribution in [2.45, 2.75) is 51.1 Å². The number of amides is 1. The van der Waals surface area contributed by atoms with Crippen LogP contribution in [0, 0.1) is 0 Å². The highest BCUT2D eigenvalue weighted by Crippen LogP contribution is 2.20. The first-order valence-corrected chi connectivity index (χ1v) is 8.80. The third-order valence-electron chi connectivity index (χ3n) is 4.62. The first-order chi connectivity index (χ1) is 11.7. The smallest absolute Gasteiger partial charge is 0.253 e. The molecule has 1 atom stereocenters. The van der Waals surface area contributed by atoms with Crippen LogP contribution >= 0.6 is 0 Å². The Morgan fingerprint density at radius 2 is 1.88 bits per heavy atom. The van der Waals surface area contributed by atoms with Crippen molar-refractivity contribution >= 4 is 11.6 Å². The van der Waals surface area contributed by atoms with Crippen LogP contribution in [-0.4, -0.2) is 16.9 Å². The number of hydrogen-bond donors (Lipinski definition) is 2. The molecule has 1 amide bonds. The van der Waals surface area contributed by atoms with Gasteiger partial charge in [0, 0.05) is 24.5 Å². The molecule has 0 radical (unpaired) electrons. The van der Waals surface area contributed by atoms with Gasteiger partial charge in [-0.2, -0.15) is 0 Å². The third kappa shape index (κ3) is 4.34. The lowest BCUT2D eigenvalue weighted by Gasteiger charge is -2.23. The van der Waals surface area contributed by atoms with Gasteiger partial charge in [-0.25, -0.2) is 0 Å². The van der Waals surface area contributed by atoms with E-state index in [1.807, 2.05) is 24.3 Å². The fourth-order valence-electron chi connectivity index (χ4n) is 3.23. The SMILES string of the molecule is CC(Nc1cncc(C(=O)NC2CCCCC2)c1)c1ccccc1. The van der Waals surface area contributed by atoms with E-state index in [9.17, 15) is 4.79 Å². The number of carbonyl (C=O) groups is 1. The second-order valence-corrected chi connectivity index (χ2v) is 6.55. The summed E-state index contributed by atoms with van der Waals surface area (Å²) < 4.78 is 0. The van der Waals surface area contributed by atoms with Crippen LogP contribution in [0.4, 0.5) is 5.69 Å². The summed E-state index contributed by atoms with van der Waals surface area (Å²) in [5, 5.41) is 6.56. The number of nitrogens with one attached hydrogen (secondary N) is 2. The summed E-state index contributed by atoms with van der Waals surface area (Å²) in [4.78, 5) is 16.7. The van der Waals surface area contributed by atoms with Gasteiger partial charge >= 0.3 is 0 Å². The summed E-state index contributed by atoms with van der Waals surface area (Å²) in [5.41, 5.74) is 2.68. The number of hydrogen-bond acceptors (Lipinski definition) is 3. The van der Waals surface area contributed by atoms with Gasteiger partial charge in [0.15, 0.2) is 0 Å². The maximum Gasteiger partial charge on any atom is 0.253 e. The third-order valence-corrected chi connectivity index (χ3v) is 4.62. The average molecular weight is 323 g/mol. The van der Waals surface area contributed by atoms with Crippen LogP contribution in [0.5, 0.6) is 0 Å². The van der Waals surface area contributed by atoms with Crippen molar-refractivity contribution in [2.75, 3.05) is 5.32 Å². The molecule has 0 bridgehead atoms. The van der Waals surface area contributed by atoms with E-state index in [4.69, 9.17) is 0 Å². The predicted octanol–water partition coefficient (Wildman–Crippen LogP) is 4.32. The Hall–Kier alpha value is -2.36. The Morgan fingerprint density at radius 1 is 1.12 bits per heavy atom. The first kappa shape index (κ1) is 16.5. The van der Waals surface area contributed by atoms with Crippen molar-refractivity contribution in [1.29, 1.82) is 0 Å². The molecule has 3 rings (SSSR count). The van der Waals surface area contributed by atoms with E-state index in [-0.39, 0.29) is 11.9 Å². The number of aromatic nitrogens is 1. The van der Waals surface area contributed by atoms with Crippen molar-refractivity contribution in [3.8, 4) is 0 Å². The number of benzene rings is 1. The molecule has 1 aliphatic rings. The molecule has 1 aliphatic carbocycles. The average Bonchev–Trinajstić information content (AvgIpc) is 2.63. The van der Waals surface area contributed by atoms with Crippen molar-refractivity contribution in [2.24, 2.45) is 0 Å². The highest BCUT2D eigenvalue weighted by atomic mass is 16.1. The zero-order valence-corrected chi connectivity index (χ0v) is 14.2. The van der Waals surface area contributed by atoms with Crippen molar-refractivity contribution in [3.05, 3.63) is 59.9 Å². The van der Waals surface area contributed by atoms with E-state index in [0.717, 1.165) is 18.5 Å². The molecule has 4 nitrogen and oxygen atoms in total. The summed E-state index contributed by atoms with van der Waals surface area (Å²) in [6, 6.07) is 12.6. The molecule has 1 saturated carbocycles. The normalized spacial score (nSPS) is 16.4. The molecule has 0 spiro atoms. The van der Waals surface area contributed by atoms with Crippen LogP contribution in [0.1, 0.15) is 61.0 Å². The van der Waals surface area contributed by atoms with Crippen molar-refractivity contribution in [1.82, 2.24) is 10.3 Å². The van der Waals surface area contributed by atoms with Gasteiger partial charge < -0.3 is 10.6 Å².